The fraction of sp³-hybridized carbons (Fsp3) is 0.765. The number of hydrogen-bond acceptors (Lipinski definition) is 6. The van der Waals surface area contributed by atoms with Gasteiger partial charge in [-0.15, -0.1) is 0 Å². The summed E-state index contributed by atoms with van der Waals surface area (Å²) < 4.78 is 11.3. The zero-order chi connectivity index (χ0) is 42.9. The van der Waals surface area contributed by atoms with Crippen LogP contribution in [0.25, 0.3) is 0 Å². The molecule has 1 fully saturated rings. The summed E-state index contributed by atoms with van der Waals surface area (Å²) in [5.74, 6) is -0.259. The number of rotatable bonds is 40. The summed E-state index contributed by atoms with van der Waals surface area (Å²) in [5.41, 5.74) is 0. The molecule has 1 aliphatic rings. The van der Waals surface area contributed by atoms with Crippen LogP contribution in [0.5, 0.6) is 0 Å². The van der Waals surface area contributed by atoms with Crippen LogP contribution >= 0.6 is 0 Å². The van der Waals surface area contributed by atoms with E-state index in [0.717, 1.165) is 96.3 Å². The molecule has 0 bridgehead atoms. The third-order valence-corrected chi connectivity index (χ3v) is 11.3. The van der Waals surface area contributed by atoms with E-state index in [1.165, 1.54) is 77.0 Å². The van der Waals surface area contributed by atoms with Gasteiger partial charge in [-0.2, -0.15) is 0 Å². The van der Waals surface area contributed by atoms with E-state index in [0.29, 0.717) is 38.9 Å². The minimum absolute atomic E-state index is 0.111. The molecule has 0 aromatic heterocycles. The van der Waals surface area contributed by atoms with Gasteiger partial charge in [-0.05, 0) is 109 Å². The fourth-order valence-electron chi connectivity index (χ4n) is 7.37. The molecule has 2 unspecified atom stereocenters. The van der Waals surface area contributed by atoms with E-state index in [1.807, 2.05) is 6.92 Å². The van der Waals surface area contributed by atoms with Gasteiger partial charge in [0.1, 0.15) is 12.1 Å². The van der Waals surface area contributed by atoms with Crippen LogP contribution in [0.4, 0.5) is 0 Å². The van der Waals surface area contributed by atoms with Gasteiger partial charge in [0.15, 0.2) is 0 Å². The first-order valence-electron chi connectivity index (χ1n) is 24.4. The molecule has 0 aromatic rings. The van der Waals surface area contributed by atoms with Gasteiger partial charge >= 0.3 is 11.9 Å². The third-order valence-electron chi connectivity index (χ3n) is 11.3. The van der Waals surface area contributed by atoms with Crippen molar-refractivity contribution in [1.29, 1.82) is 0 Å². The largest absolute Gasteiger partial charge is 0.466 e. The van der Waals surface area contributed by atoms with Gasteiger partial charge in [-0.3, -0.25) is 19.2 Å². The van der Waals surface area contributed by atoms with Crippen molar-refractivity contribution >= 4 is 23.8 Å². The SMILES string of the molecule is CCCCC/C=C\C/C=C\CCCCCCCC(=O)OCCC(CCCCC1NC(=O)C(CC)NC1=O)CCOC(=O)CCCCCCC/C=C\C/C=C\CCCCC. The predicted octanol–water partition coefficient (Wildman–Crippen LogP) is 13.0. The smallest absolute Gasteiger partial charge is 0.305 e. The number of ether oxygens (including phenoxy) is 2. The van der Waals surface area contributed by atoms with Gasteiger partial charge in [-0.1, -0.05) is 153 Å². The Kier molecular flexibility index (Phi) is 36.7. The lowest BCUT2D eigenvalue weighted by Crippen LogP contribution is -2.61. The van der Waals surface area contributed by atoms with Crippen LogP contribution in [0.15, 0.2) is 48.6 Å². The number of hydrogen-bond donors (Lipinski definition) is 2. The molecule has 0 spiro atoms. The molecule has 2 amide bonds. The van der Waals surface area contributed by atoms with Gasteiger partial charge in [0.2, 0.25) is 11.8 Å². The van der Waals surface area contributed by atoms with Gasteiger partial charge in [0.25, 0.3) is 0 Å². The molecular formula is C51H88N2O6. The molecule has 338 valence electrons. The number of amides is 2. The number of piperazine rings is 1. The fourth-order valence-corrected chi connectivity index (χ4v) is 7.37. The summed E-state index contributed by atoms with van der Waals surface area (Å²) in [6, 6.07) is -0.937. The first-order valence-corrected chi connectivity index (χ1v) is 24.4. The Morgan fingerprint density at radius 3 is 1.36 bits per heavy atom. The van der Waals surface area contributed by atoms with Crippen LogP contribution in [-0.2, 0) is 28.7 Å². The molecule has 1 saturated heterocycles. The van der Waals surface area contributed by atoms with E-state index in [1.54, 1.807) is 0 Å². The second kappa shape index (κ2) is 40.3. The van der Waals surface area contributed by atoms with Gasteiger partial charge in [0.05, 0.1) is 13.2 Å². The molecule has 8 heteroatoms. The van der Waals surface area contributed by atoms with Crippen LogP contribution in [0, 0.1) is 5.92 Å². The van der Waals surface area contributed by atoms with Crippen LogP contribution < -0.4 is 10.6 Å². The minimum atomic E-state index is -0.492. The Hall–Kier alpha value is -3.16. The Bertz CT molecular complexity index is 1110. The predicted molar refractivity (Wildman–Crippen MR) is 246 cm³/mol. The molecule has 0 saturated carbocycles. The normalized spacial score (nSPS) is 15.9. The van der Waals surface area contributed by atoms with E-state index < -0.39 is 12.1 Å². The zero-order valence-electron chi connectivity index (χ0n) is 38.1. The summed E-state index contributed by atoms with van der Waals surface area (Å²) in [7, 11) is 0. The Balaban J connectivity index is 2.29. The summed E-state index contributed by atoms with van der Waals surface area (Å²) in [6.07, 6.45) is 49.6. The minimum Gasteiger partial charge on any atom is -0.466 e. The number of allylic oxidation sites excluding steroid dienone is 8. The maximum Gasteiger partial charge on any atom is 0.305 e. The van der Waals surface area contributed by atoms with Crippen molar-refractivity contribution in [2.45, 2.75) is 232 Å². The monoisotopic (exact) mass is 825 g/mol. The van der Waals surface area contributed by atoms with E-state index >= 15 is 0 Å². The third kappa shape index (κ3) is 33.3. The Labute approximate surface area is 361 Å². The Morgan fingerprint density at radius 1 is 0.492 bits per heavy atom. The summed E-state index contributed by atoms with van der Waals surface area (Å²) in [4.78, 5) is 49.7. The molecule has 0 aromatic carbocycles. The standard InChI is InChI=1S/C51H88N2O6/c1-4-7-9-11-13-15-17-19-21-23-25-27-29-31-33-39-48(54)58-43-41-45(37-35-36-38-47-51(57)52-46(6-3)50(56)53-47)42-44-59-49(55)40-34-32-30-28-26-24-22-20-18-16-14-12-10-8-5-2/h13-16,19-22,45-47H,4-12,17-18,23-44H2,1-3H3,(H,52,57)(H,53,56)/b15-13-,16-14-,21-19-,22-20-. The average molecular weight is 825 g/mol. The van der Waals surface area contributed by atoms with Crippen molar-refractivity contribution < 1.29 is 28.7 Å². The summed E-state index contributed by atoms with van der Waals surface area (Å²) >= 11 is 0. The van der Waals surface area contributed by atoms with Crippen molar-refractivity contribution in [3.63, 3.8) is 0 Å². The van der Waals surface area contributed by atoms with Gasteiger partial charge < -0.3 is 20.1 Å². The lowest BCUT2D eigenvalue weighted by atomic mass is 9.94. The number of unbranched alkanes of at least 4 members (excludes halogenated alkanes) is 17. The molecule has 8 nitrogen and oxygen atoms in total. The van der Waals surface area contributed by atoms with Gasteiger partial charge in [0, 0.05) is 12.8 Å². The number of esters is 2. The van der Waals surface area contributed by atoms with E-state index in [2.05, 4.69) is 73.1 Å². The Morgan fingerprint density at radius 2 is 0.898 bits per heavy atom. The van der Waals surface area contributed by atoms with Crippen molar-refractivity contribution in [1.82, 2.24) is 10.6 Å². The van der Waals surface area contributed by atoms with Crippen molar-refractivity contribution in [2.24, 2.45) is 5.92 Å². The van der Waals surface area contributed by atoms with E-state index in [9.17, 15) is 19.2 Å². The molecule has 2 atom stereocenters. The molecular weight excluding hydrogens is 737 g/mol. The second-order valence-corrected chi connectivity index (χ2v) is 16.7. The molecule has 59 heavy (non-hydrogen) atoms. The van der Waals surface area contributed by atoms with Crippen LogP contribution in [0.1, 0.15) is 220 Å². The number of carbonyl (C=O) groups is 4. The highest BCUT2D eigenvalue weighted by Gasteiger charge is 2.32. The van der Waals surface area contributed by atoms with Gasteiger partial charge in [-0.25, -0.2) is 0 Å². The summed E-state index contributed by atoms with van der Waals surface area (Å²) in [6.45, 7) is 7.09. The van der Waals surface area contributed by atoms with Crippen LogP contribution in [0.3, 0.4) is 0 Å². The first-order chi connectivity index (χ1) is 28.9. The van der Waals surface area contributed by atoms with Crippen molar-refractivity contribution in [3.05, 3.63) is 48.6 Å². The zero-order valence-corrected chi connectivity index (χ0v) is 38.1. The number of nitrogens with one attached hydrogen (secondary N) is 2. The first kappa shape index (κ1) is 53.9. The molecule has 1 aliphatic heterocycles. The van der Waals surface area contributed by atoms with Crippen LogP contribution in [0.2, 0.25) is 0 Å². The second-order valence-electron chi connectivity index (χ2n) is 16.7. The molecule has 2 N–H and O–H groups in total. The highest BCUT2D eigenvalue weighted by atomic mass is 16.5. The number of carbonyl (C=O) groups excluding carboxylic acids is 4. The van der Waals surface area contributed by atoms with E-state index in [-0.39, 0.29) is 29.7 Å². The molecule has 1 rings (SSSR count). The lowest BCUT2D eigenvalue weighted by Gasteiger charge is -2.29. The van der Waals surface area contributed by atoms with Crippen molar-refractivity contribution in [3.8, 4) is 0 Å². The highest BCUT2D eigenvalue weighted by Crippen LogP contribution is 2.20. The topological polar surface area (TPSA) is 111 Å². The highest BCUT2D eigenvalue weighted by molar-refractivity contribution is 5.96. The average Bonchev–Trinajstić information content (AvgIpc) is 3.23. The molecule has 0 aliphatic carbocycles. The van der Waals surface area contributed by atoms with E-state index in [4.69, 9.17) is 9.47 Å². The molecule has 1 heterocycles. The maximum atomic E-state index is 12.5. The maximum absolute atomic E-state index is 12.5. The lowest BCUT2D eigenvalue weighted by molar-refractivity contribution is -0.144. The molecule has 0 radical (unpaired) electrons. The van der Waals surface area contributed by atoms with Crippen molar-refractivity contribution in [2.75, 3.05) is 13.2 Å². The summed E-state index contributed by atoms with van der Waals surface area (Å²) in [5, 5.41) is 5.69. The van der Waals surface area contributed by atoms with Crippen LogP contribution in [-0.4, -0.2) is 49.1 Å². The quantitative estimate of drug-likeness (QED) is 0.0362.